The quantitative estimate of drug-likeness (QED) is 0.815. The van der Waals surface area contributed by atoms with Gasteiger partial charge in [-0.15, -0.1) is 0 Å². The topological polar surface area (TPSA) is 38.3 Å². The van der Waals surface area contributed by atoms with Crippen molar-refractivity contribution in [3.05, 3.63) is 30.3 Å². The molecule has 17 heavy (non-hydrogen) atoms. The van der Waals surface area contributed by atoms with Crippen molar-refractivity contribution in [3.8, 4) is 0 Å². The van der Waals surface area contributed by atoms with E-state index < -0.39 is 0 Å². The zero-order chi connectivity index (χ0) is 12.3. The molecule has 3 heteroatoms. The lowest BCUT2D eigenvalue weighted by Crippen LogP contribution is -2.41. The second-order valence-corrected chi connectivity index (χ2v) is 5.21. The summed E-state index contributed by atoms with van der Waals surface area (Å²) in [5.74, 6) is 0.201. The summed E-state index contributed by atoms with van der Waals surface area (Å²) in [7, 11) is 0. The first-order valence-electron chi connectivity index (χ1n) is 6.11. The van der Waals surface area contributed by atoms with Crippen LogP contribution < -0.4 is 5.48 Å². The van der Waals surface area contributed by atoms with Gasteiger partial charge in [0.1, 0.15) is 6.10 Å². The van der Waals surface area contributed by atoms with Crippen molar-refractivity contribution in [1.29, 1.82) is 0 Å². The molecule has 0 unspecified atom stereocenters. The Balaban J connectivity index is 1.93. The first kappa shape index (κ1) is 12.1. The van der Waals surface area contributed by atoms with Gasteiger partial charge in [0, 0.05) is 5.41 Å². The van der Waals surface area contributed by atoms with E-state index in [1.165, 1.54) is 0 Å². The van der Waals surface area contributed by atoms with Crippen molar-refractivity contribution in [3.63, 3.8) is 0 Å². The average molecular weight is 233 g/mol. The highest BCUT2D eigenvalue weighted by Gasteiger charge is 2.38. The lowest BCUT2D eigenvalue weighted by molar-refractivity contribution is -0.141. The molecule has 2 rings (SSSR count). The Hall–Kier alpha value is -1.35. The summed E-state index contributed by atoms with van der Waals surface area (Å²) in [4.78, 5) is 17.6. The first-order chi connectivity index (χ1) is 8.09. The number of Topliss-reactive ketones (excluding diaryl/α,β-unsaturated/α-hetero) is 1. The van der Waals surface area contributed by atoms with Crippen LogP contribution in [0.25, 0.3) is 0 Å². The van der Waals surface area contributed by atoms with Crippen molar-refractivity contribution < 1.29 is 9.63 Å². The minimum absolute atomic E-state index is 0.201. The zero-order valence-corrected chi connectivity index (χ0v) is 10.4. The van der Waals surface area contributed by atoms with E-state index >= 15 is 0 Å². The molecule has 3 nitrogen and oxygen atoms in total. The fourth-order valence-corrected chi connectivity index (χ4v) is 2.18. The Bertz CT molecular complexity index is 386. The summed E-state index contributed by atoms with van der Waals surface area (Å²) in [6.07, 6.45) is 2.48. The molecule has 0 bridgehead atoms. The van der Waals surface area contributed by atoms with Crippen molar-refractivity contribution >= 4 is 11.5 Å². The van der Waals surface area contributed by atoms with Crippen molar-refractivity contribution in [2.45, 2.75) is 39.2 Å². The molecule has 1 atom stereocenters. The number of carbonyl (C=O) groups is 1. The number of nitrogens with one attached hydrogen (secondary N) is 1. The minimum Gasteiger partial charge on any atom is -0.296 e. The third-order valence-electron chi connectivity index (χ3n) is 3.32. The Labute approximate surface area is 102 Å². The summed E-state index contributed by atoms with van der Waals surface area (Å²) >= 11 is 0. The van der Waals surface area contributed by atoms with Crippen LogP contribution in [-0.4, -0.2) is 11.9 Å². The third-order valence-corrected chi connectivity index (χ3v) is 3.32. The van der Waals surface area contributed by atoms with Gasteiger partial charge in [-0.3, -0.25) is 15.1 Å². The molecular weight excluding hydrogens is 214 g/mol. The molecule has 1 aliphatic carbocycles. The number of carbonyl (C=O) groups excluding carboxylic acids is 1. The fourth-order valence-electron chi connectivity index (χ4n) is 2.18. The van der Waals surface area contributed by atoms with Gasteiger partial charge < -0.3 is 0 Å². The van der Waals surface area contributed by atoms with Crippen molar-refractivity contribution in [1.82, 2.24) is 0 Å². The van der Waals surface area contributed by atoms with Crippen LogP contribution in [0.2, 0.25) is 0 Å². The molecule has 92 valence electrons. The molecule has 1 N–H and O–H groups in total. The number of anilines is 1. The molecular formula is C14H19NO2. The van der Waals surface area contributed by atoms with E-state index in [9.17, 15) is 4.79 Å². The number of benzene rings is 1. The van der Waals surface area contributed by atoms with Gasteiger partial charge in [-0.1, -0.05) is 32.0 Å². The molecule has 0 saturated heterocycles. The van der Waals surface area contributed by atoms with Gasteiger partial charge in [-0.05, 0) is 31.4 Å². The SMILES string of the molecule is CC1(C)CCC[C@@H](ONc2ccccc2)C1=O. The first-order valence-corrected chi connectivity index (χ1v) is 6.11. The van der Waals surface area contributed by atoms with Gasteiger partial charge in [0.2, 0.25) is 0 Å². The normalized spacial score (nSPS) is 23.4. The number of hydrogen-bond acceptors (Lipinski definition) is 3. The monoisotopic (exact) mass is 233 g/mol. The molecule has 1 aromatic carbocycles. The van der Waals surface area contributed by atoms with Crippen molar-refractivity contribution in [2.24, 2.45) is 5.41 Å². The van der Waals surface area contributed by atoms with Gasteiger partial charge in [0.05, 0.1) is 5.69 Å². The summed E-state index contributed by atoms with van der Waals surface area (Å²) in [5, 5.41) is 0. The molecule has 0 radical (unpaired) electrons. The Morgan fingerprint density at radius 2 is 2.00 bits per heavy atom. The molecule has 0 spiro atoms. The van der Waals surface area contributed by atoms with Crippen LogP contribution in [0.3, 0.4) is 0 Å². The molecule has 0 aromatic heterocycles. The number of para-hydroxylation sites is 1. The zero-order valence-electron chi connectivity index (χ0n) is 10.4. The molecule has 1 aromatic rings. The standard InChI is InChI=1S/C14H19NO2/c1-14(2)10-6-9-12(13(14)16)17-15-11-7-4-3-5-8-11/h3-5,7-8,12,15H,6,9-10H2,1-2H3/t12-/m1/s1. The Morgan fingerprint density at radius 1 is 1.29 bits per heavy atom. The smallest absolute Gasteiger partial charge is 0.169 e. The maximum Gasteiger partial charge on any atom is 0.169 e. The highest BCUT2D eigenvalue weighted by atomic mass is 16.7. The van der Waals surface area contributed by atoms with E-state index in [-0.39, 0.29) is 17.3 Å². The van der Waals surface area contributed by atoms with Gasteiger partial charge in [0.25, 0.3) is 0 Å². The lowest BCUT2D eigenvalue weighted by atomic mass is 9.75. The van der Waals surface area contributed by atoms with Crippen LogP contribution in [0.4, 0.5) is 5.69 Å². The van der Waals surface area contributed by atoms with E-state index in [2.05, 4.69) is 5.48 Å². The van der Waals surface area contributed by atoms with Gasteiger partial charge in [0.15, 0.2) is 5.78 Å². The number of rotatable bonds is 3. The fraction of sp³-hybridized carbons (Fsp3) is 0.500. The van der Waals surface area contributed by atoms with E-state index in [0.29, 0.717) is 0 Å². The van der Waals surface area contributed by atoms with E-state index in [4.69, 9.17) is 4.84 Å². The third kappa shape index (κ3) is 2.86. The predicted octanol–water partition coefficient (Wildman–Crippen LogP) is 3.18. The molecule has 0 heterocycles. The molecule has 1 fully saturated rings. The van der Waals surface area contributed by atoms with Crippen molar-refractivity contribution in [2.75, 3.05) is 5.48 Å². The highest BCUT2D eigenvalue weighted by molar-refractivity contribution is 5.89. The van der Waals surface area contributed by atoms with Crippen LogP contribution in [0, 0.1) is 5.41 Å². The van der Waals surface area contributed by atoms with Crippen LogP contribution in [0.1, 0.15) is 33.1 Å². The summed E-state index contributed by atoms with van der Waals surface area (Å²) in [6, 6.07) is 9.63. The van der Waals surface area contributed by atoms with E-state index in [1.54, 1.807) is 0 Å². The molecule has 1 aliphatic rings. The summed E-state index contributed by atoms with van der Waals surface area (Å²) < 4.78 is 0. The Morgan fingerprint density at radius 3 is 2.71 bits per heavy atom. The maximum absolute atomic E-state index is 12.1. The average Bonchev–Trinajstić information content (AvgIpc) is 2.32. The van der Waals surface area contributed by atoms with Crippen LogP contribution >= 0.6 is 0 Å². The van der Waals surface area contributed by atoms with Crippen LogP contribution in [0.15, 0.2) is 30.3 Å². The highest BCUT2D eigenvalue weighted by Crippen LogP contribution is 2.33. The number of hydrogen-bond donors (Lipinski definition) is 1. The minimum atomic E-state index is -0.320. The van der Waals surface area contributed by atoms with Crippen LogP contribution in [0.5, 0.6) is 0 Å². The second kappa shape index (κ2) is 4.88. The van der Waals surface area contributed by atoms with Gasteiger partial charge in [-0.2, -0.15) is 0 Å². The lowest BCUT2D eigenvalue weighted by Gasteiger charge is -2.33. The molecule has 1 saturated carbocycles. The van der Waals surface area contributed by atoms with Gasteiger partial charge in [-0.25, -0.2) is 0 Å². The van der Waals surface area contributed by atoms with Gasteiger partial charge >= 0.3 is 0 Å². The van der Waals surface area contributed by atoms with E-state index in [0.717, 1.165) is 24.9 Å². The second-order valence-electron chi connectivity index (χ2n) is 5.21. The predicted molar refractivity (Wildman–Crippen MR) is 67.6 cm³/mol. The summed E-state index contributed by atoms with van der Waals surface area (Å²) in [5.41, 5.74) is 3.49. The molecule has 0 amide bonds. The number of ketones is 1. The largest absolute Gasteiger partial charge is 0.296 e. The summed E-state index contributed by atoms with van der Waals surface area (Å²) in [6.45, 7) is 3.99. The Kier molecular flexibility index (Phi) is 3.48. The van der Waals surface area contributed by atoms with Crippen LogP contribution in [-0.2, 0) is 9.63 Å². The molecule has 0 aliphatic heterocycles. The van der Waals surface area contributed by atoms with E-state index in [1.807, 2.05) is 44.2 Å². The maximum atomic E-state index is 12.1.